The lowest BCUT2D eigenvalue weighted by Gasteiger charge is -2.13. The molecule has 3 rings (SSSR count). The lowest BCUT2D eigenvalue weighted by Crippen LogP contribution is -2.40. The van der Waals surface area contributed by atoms with E-state index in [2.05, 4.69) is 4.98 Å². The zero-order valence-electron chi connectivity index (χ0n) is 13.8. The first-order valence-corrected chi connectivity index (χ1v) is 7.52. The summed E-state index contributed by atoms with van der Waals surface area (Å²) in [7, 11) is 1.66. The van der Waals surface area contributed by atoms with Crippen molar-refractivity contribution in [3.63, 3.8) is 0 Å². The van der Waals surface area contributed by atoms with Gasteiger partial charge in [-0.15, -0.1) is 0 Å². The van der Waals surface area contributed by atoms with Crippen molar-refractivity contribution in [1.29, 1.82) is 0 Å². The monoisotopic (exact) mass is 309 g/mol. The Hall–Kier alpha value is -2.69. The molecule has 0 N–H and O–H groups in total. The van der Waals surface area contributed by atoms with Crippen LogP contribution in [0.1, 0.15) is 22.4 Å². The van der Waals surface area contributed by atoms with Crippen LogP contribution in [0.2, 0.25) is 0 Å². The molecule has 0 fully saturated rings. The molecule has 0 aliphatic heterocycles. The Labute approximate surface area is 133 Å². The molecule has 5 heteroatoms. The van der Waals surface area contributed by atoms with Crippen LogP contribution in [0, 0.1) is 20.8 Å². The van der Waals surface area contributed by atoms with Crippen LogP contribution in [0.15, 0.2) is 39.9 Å². The van der Waals surface area contributed by atoms with Gasteiger partial charge in [0.25, 0.3) is 5.56 Å². The summed E-state index contributed by atoms with van der Waals surface area (Å²) in [5.41, 5.74) is 3.47. The third-order valence-electron chi connectivity index (χ3n) is 4.21. The van der Waals surface area contributed by atoms with Gasteiger partial charge in [0.05, 0.1) is 11.9 Å². The second kappa shape index (κ2) is 5.50. The second-order valence-corrected chi connectivity index (χ2v) is 5.94. The molecule has 2 aromatic heterocycles. The van der Waals surface area contributed by atoms with E-state index in [0.717, 1.165) is 22.4 Å². The molecule has 0 saturated carbocycles. The van der Waals surface area contributed by atoms with Gasteiger partial charge < -0.3 is 0 Å². The van der Waals surface area contributed by atoms with E-state index in [1.807, 2.05) is 51.1 Å². The van der Waals surface area contributed by atoms with E-state index in [1.54, 1.807) is 7.05 Å². The van der Waals surface area contributed by atoms with Crippen LogP contribution in [0.4, 0.5) is 0 Å². The molecule has 0 atom stereocenters. The van der Waals surface area contributed by atoms with Gasteiger partial charge in [0.2, 0.25) is 0 Å². The first-order valence-electron chi connectivity index (χ1n) is 7.52. The van der Waals surface area contributed by atoms with Gasteiger partial charge in [0.15, 0.2) is 0 Å². The van der Waals surface area contributed by atoms with Gasteiger partial charge >= 0.3 is 5.69 Å². The highest BCUT2D eigenvalue weighted by molar-refractivity contribution is 5.78. The average molecular weight is 309 g/mol. The predicted molar refractivity (Wildman–Crippen MR) is 91.0 cm³/mol. The smallest absolute Gasteiger partial charge is 0.280 e. The van der Waals surface area contributed by atoms with Crippen molar-refractivity contribution in [3.8, 4) is 0 Å². The Balaban J connectivity index is 2.33. The van der Waals surface area contributed by atoms with E-state index in [-0.39, 0.29) is 17.8 Å². The zero-order chi connectivity index (χ0) is 16.7. The van der Waals surface area contributed by atoms with E-state index < -0.39 is 0 Å². The lowest BCUT2D eigenvalue weighted by atomic mass is 10.1. The van der Waals surface area contributed by atoms with Gasteiger partial charge in [0, 0.05) is 12.7 Å². The molecule has 5 nitrogen and oxygen atoms in total. The van der Waals surface area contributed by atoms with Gasteiger partial charge in [-0.1, -0.05) is 24.3 Å². The number of hydrogen-bond acceptors (Lipinski definition) is 3. The summed E-state index contributed by atoms with van der Waals surface area (Å²) in [4.78, 5) is 29.9. The Kier molecular flexibility index (Phi) is 3.64. The third kappa shape index (κ3) is 2.48. The molecule has 0 aliphatic rings. The minimum absolute atomic E-state index is 0.265. The van der Waals surface area contributed by atoms with Crippen molar-refractivity contribution in [2.24, 2.45) is 7.05 Å². The van der Waals surface area contributed by atoms with Gasteiger partial charge in [-0.25, -0.2) is 9.78 Å². The molecule has 2 heterocycles. The van der Waals surface area contributed by atoms with Gasteiger partial charge in [-0.3, -0.25) is 13.9 Å². The molecular weight excluding hydrogens is 290 g/mol. The van der Waals surface area contributed by atoms with Crippen LogP contribution in [0.5, 0.6) is 0 Å². The Morgan fingerprint density at radius 1 is 1.04 bits per heavy atom. The van der Waals surface area contributed by atoms with Crippen molar-refractivity contribution in [1.82, 2.24) is 14.1 Å². The molecule has 0 spiro atoms. The topological polar surface area (TPSA) is 56.9 Å². The Morgan fingerprint density at radius 2 is 1.74 bits per heavy atom. The fourth-order valence-electron chi connectivity index (χ4n) is 2.91. The van der Waals surface area contributed by atoms with Crippen molar-refractivity contribution in [2.75, 3.05) is 0 Å². The number of benzene rings is 1. The highest BCUT2D eigenvalue weighted by Gasteiger charge is 2.15. The van der Waals surface area contributed by atoms with E-state index in [1.165, 1.54) is 9.13 Å². The van der Waals surface area contributed by atoms with Crippen molar-refractivity contribution >= 4 is 11.0 Å². The molecule has 1 aromatic carbocycles. The van der Waals surface area contributed by atoms with Crippen molar-refractivity contribution < 1.29 is 0 Å². The van der Waals surface area contributed by atoms with Crippen LogP contribution in [-0.4, -0.2) is 14.1 Å². The number of aryl methyl sites for hydroxylation is 4. The Bertz CT molecular complexity index is 1030. The normalized spacial score (nSPS) is 11.1. The standard InChI is InChI=1S/C18H19N3O2/c1-11-7-5-6-8-14(11)10-21-17(22)15-12(2)9-13(3)19-16(15)20(4)18(21)23/h5-9H,10H2,1-4H3. The van der Waals surface area contributed by atoms with Crippen LogP contribution >= 0.6 is 0 Å². The van der Waals surface area contributed by atoms with Gasteiger partial charge in [0.1, 0.15) is 5.65 Å². The number of pyridine rings is 1. The highest BCUT2D eigenvalue weighted by Crippen LogP contribution is 2.13. The molecule has 0 unspecified atom stereocenters. The molecule has 0 aliphatic carbocycles. The molecule has 0 amide bonds. The predicted octanol–water partition coefficient (Wildman–Crippen LogP) is 2.07. The summed E-state index contributed by atoms with van der Waals surface area (Å²) < 4.78 is 2.74. The van der Waals surface area contributed by atoms with Gasteiger partial charge in [-0.05, 0) is 43.5 Å². The maximum Gasteiger partial charge on any atom is 0.332 e. The molecule has 23 heavy (non-hydrogen) atoms. The Morgan fingerprint density at radius 3 is 2.43 bits per heavy atom. The summed E-state index contributed by atoms with van der Waals surface area (Å²) in [5.74, 6) is 0. The first-order chi connectivity index (χ1) is 10.9. The van der Waals surface area contributed by atoms with E-state index in [9.17, 15) is 9.59 Å². The molecule has 0 bridgehead atoms. The van der Waals surface area contributed by atoms with Crippen LogP contribution < -0.4 is 11.2 Å². The largest absolute Gasteiger partial charge is 0.332 e. The maximum absolute atomic E-state index is 12.9. The van der Waals surface area contributed by atoms with Crippen LogP contribution in [-0.2, 0) is 13.6 Å². The molecular formula is C18H19N3O2. The highest BCUT2D eigenvalue weighted by atomic mass is 16.2. The third-order valence-corrected chi connectivity index (χ3v) is 4.21. The number of hydrogen-bond donors (Lipinski definition) is 0. The van der Waals surface area contributed by atoms with Crippen LogP contribution in [0.25, 0.3) is 11.0 Å². The molecule has 3 aromatic rings. The lowest BCUT2D eigenvalue weighted by molar-refractivity contribution is 0.654. The fourth-order valence-corrected chi connectivity index (χ4v) is 2.91. The second-order valence-electron chi connectivity index (χ2n) is 5.94. The molecule has 0 radical (unpaired) electrons. The number of rotatable bonds is 2. The summed E-state index contributed by atoms with van der Waals surface area (Å²) in [6.45, 7) is 5.97. The number of fused-ring (bicyclic) bond motifs is 1. The molecule has 118 valence electrons. The van der Waals surface area contributed by atoms with E-state index in [0.29, 0.717) is 11.0 Å². The zero-order valence-corrected chi connectivity index (χ0v) is 13.8. The van der Waals surface area contributed by atoms with Crippen LogP contribution in [0.3, 0.4) is 0 Å². The number of nitrogens with zero attached hydrogens (tertiary/aromatic N) is 3. The minimum Gasteiger partial charge on any atom is -0.280 e. The maximum atomic E-state index is 12.9. The van der Waals surface area contributed by atoms with Gasteiger partial charge in [-0.2, -0.15) is 0 Å². The summed E-state index contributed by atoms with van der Waals surface area (Å²) in [6, 6.07) is 9.63. The minimum atomic E-state index is -0.344. The van der Waals surface area contributed by atoms with Crippen molar-refractivity contribution in [3.05, 3.63) is 73.6 Å². The number of aromatic nitrogens is 3. The fraction of sp³-hybridized carbons (Fsp3) is 0.278. The molecule has 0 saturated heterocycles. The summed E-state index contributed by atoms with van der Waals surface area (Å²) >= 11 is 0. The van der Waals surface area contributed by atoms with E-state index in [4.69, 9.17) is 0 Å². The first kappa shape index (κ1) is 15.2. The SMILES string of the molecule is Cc1cc(C)c2c(=O)n(Cc3ccccc3C)c(=O)n(C)c2n1. The van der Waals surface area contributed by atoms with Crippen molar-refractivity contribution in [2.45, 2.75) is 27.3 Å². The quantitative estimate of drug-likeness (QED) is 0.728. The average Bonchev–Trinajstić information content (AvgIpc) is 2.50. The summed E-state index contributed by atoms with van der Waals surface area (Å²) in [5, 5.41) is 0.506. The summed E-state index contributed by atoms with van der Waals surface area (Å²) in [6.07, 6.45) is 0. The van der Waals surface area contributed by atoms with E-state index >= 15 is 0 Å².